The lowest BCUT2D eigenvalue weighted by Gasteiger charge is -2.35. The number of nitro groups is 1. The number of hydrogen-bond donors (Lipinski definition) is 1. The van der Waals surface area contributed by atoms with Gasteiger partial charge in [0.05, 0.1) is 9.40 Å². The molecule has 0 aliphatic carbocycles. The van der Waals surface area contributed by atoms with Crippen molar-refractivity contribution in [1.82, 2.24) is 4.90 Å². The minimum Gasteiger partial charge on any atom is -0.382 e. The van der Waals surface area contributed by atoms with Gasteiger partial charge in [-0.15, -0.1) is 0 Å². The molecule has 20 heavy (non-hydrogen) atoms. The van der Waals surface area contributed by atoms with Gasteiger partial charge in [0.15, 0.2) is 0 Å². The minimum absolute atomic E-state index is 0.119. The van der Waals surface area contributed by atoms with Crippen molar-refractivity contribution in [2.45, 2.75) is 37.8 Å². The van der Waals surface area contributed by atoms with E-state index in [1.54, 1.807) is 12.1 Å². The number of halogens is 1. The summed E-state index contributed by atoms with van der Waals surface area (Å²) in [5.41, 5.74) is 0.963. The van der Waals surface area contributed by atoms with Gasteiger partial charge in [0.25, 0.3) is 5.69 Å². The summed E-state index contributed by atoms with van der Waals surface area (Å²) in [5.74, 6) is 0. The van der Waals surface area contributed by atoms with E-state index in [9.17, 15) is 10.1 Å². The summed E-state index contributed by atoms with van der Waals surface area (Å²) in [6, 6.07) is 6.38. The van der Waals surface area contributed by atoms with Gasteiger partial charge in [-0.25, -0.2) is 0 Å². The highest BCUT2D eigenvalue weighted by atomic mass is 79.9. The molecule has 2 fully saturated rings. The Morgan fingerprint density at radius 1 is 1.35 bits per heavy atom. The van der Waals surface area contributed by atoms with Crippen LogP contribution in [0.4, 0.5) is 11.4 Å². The van der Waals surface area contributed by atoms with Crippen LogP contribution in [0.25, 0.3) is 0 Å². The highest BCUT2D eigenvalue weighted by Gasteiger charge is 2.31. The first kappa shape index (κ1) is 13.8. The number of anilines is 1. The van der Waals surface area contributed by atoms with E-state index in [-0.39, 0.29) is 10.6 Å². The summed E-state index contributed by atoms with van der Waals surface area (Å²) in [6.07, 6.45) is 4.85. The number of benzene rings is 1. The Balaban J connectivity index is 1.68. The quantitative estimate of drug-likeness (QED) is 0.677. The average Bonchev–Trinajstić information content (AvgIpc) is 2.88. The van der Waals surface area contributed by atoms with E-state index in [1.165, 1.54) is 19.4 Å². The van der Waals surface area contributed by atoms with E-state index in [4.69, 9.17) is 0 Å². The van der Waals surface area contributed by atoms with Crippen LogP contribution in [0.5, 0.6) is 0 Å². The first-order chi connectivity index (χ1) is 9.63. The molecule has 0 aromatic heterocycles. The molecule has 2 atom stereocenters. The summed E-state index contributed by atoms with van der Waals surface area (Å²) < 4.78 is 0.527. The van der Waals surface area contributed by atoms with Crippen LogP contribution in [0, 0.1) is 10.1 Å². The minimum atomic E-state index is -0.352. The zero-order valence-electron chi connectivity index (χ0n) is 11.2. The molecule has 108 valence electrons. The lowest BCUT2D eigenvalue weighted by atomic mass is 9.97. The highest BCUT2D eigenvalue weighted by molar-refractivity contribution is 9.10. The van der Waals surface area contributed by atoms with Crippen molar-refractivity contribution in [3.05, 3.63) is 32.8 Å². The molecule has 3 rings (SSSR count). The van der Waals surface area contributed by atoms with Gasteiger partial charge in [-0.3, -0.25) is 10.1 Å². The Morgan fingerprint density at radius 2 is 2.20 bits per heavy atom. The van der Waals surface area contributed by atoms with Crippen molar-refractivity contribution in [2.24, 2.45) is 0 Å². The first-order valence-electron chi connectivity index (χ1n) is 7.08. The van der Waals surface area contributed by atoms with E-state index in [0.29, 0.717) is 16.6 Å². The maximum Gasteiger partial charge on any atom is 0.285 e. The molecule has 1 aromatic rings. The maximum absolute atomic E-state index is 11.0. The van der Waals surface area contributed by atoms with Crippen LogP contribution in [0.15, 0.2) is 22.7 Å². The number of nitro benzene ring substituents is 1. The van der Waals surface area contributed by atoms with Crippen LogP contribution in [-0.2, 0) is 0 Å². The summed E-state index contributed by atoms with van der Waals surface area (Å²) in [7, 11) is 0. The van der Waals surface area contributed by atoms with Crippen LogP contribution in [0.1, 0.15) is 25.7 Å². The van der Waals surface area contributed by atoms with Gasteiger partial charge in [0, 0.05) is 30.4 Å². The number of hydrogen-bond acceptors (Lipinski definition) is 4. The van der Waals surface area contributed by atoms with E-state index >= 15 is 0 Å². The Bertz CT molecular complexity index is 523. The van der Waals surface area contributed by atoms with E-state index in [0.717, 1.165) is 25.1 Å². The molecule has 2 unspecified atom stereocenters. The van der Waals surface area contributed by atoms with E-state index in [1.807, 2.05) is 6.07 Å². The topological polar surface area (TPSA) is 58.4 Å². The van der Waals surface area contributed by atoms with E-state index < -0.39 is 0 Å². The summed E-state index contributed by atoms with van der Waals surface area (Å²) in [6.45, 7) is 2.38. The van der Waals surface area contributed by atoms with Gasteiger partial charge in [0.2, 0.25) is 0 Å². The van der Waals surface area contributed by atoms with Gasteiger partial charge < -0.3 is 10.2 Å². The smallest absolute Gasteiger partial charge is 0.285 e. The number of rotatable bonds is 3. The second-order valence-electron chi connectivity index (χ2n) is 5.62. The molecular formula is C14H18BrN3O2. The molecule has 2 saturated heterocycles. The average molecular weight is 340 g/mol. The fraction of sp³-hybridized carbons (Fsp3) is 0.571. The second-order valence-corrected chi connectivity index (χ2v) is 6.48. The summed E-state index contributed by atoms with van der Waals surface area (Å²) >= 11 is 3.22. The van der Waals surface area contributed by atoms with E-state index in [2.05, 4.69) is 26.1 Å². The molecule has 5 nitrogen and oxygen atoms in total. The Morgan fingerprint density at radius 3 is 3.00 bits per heavy atom. The number of nitrogens with one attached hydrogen (secondary N) is 1. The van der Waals surface area contributed by atoms with Crippen LogP contribution >= 0.6 is 15.9 Å². The predicted molar refractivity (Wildman–Crippen MR) is 82.0 cm³/mol. The fourth-order valence-corrected chi connectivity index (χ4v) is 3.72. The van der Waals surface area contributed by atoms with Crippen molar-refractivity contribution in [3.63, 3.8) is 0 Å². The molecule has 2 aliphatic heterocycles. The molecule has 1 aromatic carbocycles. The highest BCUT2D eigenvalue weighted by Crippen LogP contribution is 2.31. The molecule has 2 heterocycles. The number of piperidine rings is 1. The summed E-state index contributed by atoms with van der Waals surface area (Å²) in [5, 5.41) is 14.4. The van der Waals surface area contributed by atoms with Gasteiger partial charge in [-0.1, -0.05) is 0 Å². The molecule has 0 spiro atoms. The normalized spacial score (nSPS) is 26.2. The molecule has 0 bridgehead atoms. The lowest BCUT2D eigenvalue weighted by molar-refractivity contribution is -0.385. The van der Waals surface area contributed by atoms with Crippen LogP contribution in [-0.4, -0.2) is 35.0 Å². The van der Waals surface area contributed by atoms with Crippen molar-refractivity contribution >= 4 is 27.3 Å². The van der Waals surface area contributed by atoms with Crippen LogP contribution in [0.2, 0.25) is 0 Å². The van der Waals surface area contributed by atoms with Crippen LogP contribution < -0.4 is 5.32 Å². The Hall–Kier alpha value is -1.14. The molecule has 1 N–H and O–H groups in total. The van der Waals surface area contributed by atoms with Gasteiger partial charge in [-0.2, -0.15) is 0 Å². The summed E-state index contributed by atoms with van der Waals surface area (Å²) in [4.78, 5) is 13.2. The van der Waals surface area contributed by atoms with Crippen molar-refractivity contribution in [3.8, 4) is 0 Å². The van der Waals surface area contributed by atoms with Crippen molar-refractivity contribution < 1.29 is 4.92 Å². The first-order valence-corrected chi connectivity index (χ1v) is 7.87. The fourth-order valence-electron chi connectivity index (χ4n) is 3.33. The third-order valence-electron chi connectivity index (χ3n) is 4.33. The molecule has 0 radical (unpaired) electrons. The molecule has 6 heteroatoms. The maximum atomic E-state index is 11.0. The zero-order valence-corrected chi connectivity index (χ0v) is 12.8. The number of nitrogens with zero attached hydrogens (tertiary/aromatic N) is 2. The van der Waals surface area contributed by atoms with Crippen LogP contribution in [0.3, 0.4) is 0 Å². The Kier molecular flexibility index (Phi) is 3.94. The second kappa shape index (κ2) is 5.69. The third-order valence-corrected chi connectivity index (χ3v) is 5.00. The molecule has 0 saturated carbocycles. The zero-order chi connectivity index (χ0) is 14.1. The molecule has 2 aliphatic rings. The standard InChI is InChI=1S/C14H18BrN3O2/c15-13-4-3-10(9-14(13)18(19)20)16-11-5-7-17-6-1-2-12(17)8-11/h3-4,9,11-12,16H,1-2,5-8H2. The van der Waals surface area contributed by atoms with Gasteiger partial charge in [-0.05, 0) is 60.3 Å². The molecule has 0 amide bonds. The SMILES string of the molecule is O=[N+]([O-])c1cc(NC2CCN3CCCC3C2)ccc1Br. The monoisotopic (exact) mass is 339 g/mol. The van der Waals surface area contributed by atoms with Crippen molar-refractivity contribution in [2.75, 3.05) is 18.4 Å². The molecular weight excluding hydrogens is 322 g/mol. The Labute approximate surface area is 126 Å². The largest absolute Gasteiger partial charge is 0.382 e. The predicted octanol–water partition coefficient (Wildman–Crippen LogP) is 3.40. The van der Waals surface area contributed by atoms with Gasteiger partial charge >= 0.3 is 0 Å². The van der Waals surface area contributed by atoms with Gasteiger partial charge in [0.1, 0.15) is 0 Å². The number of fused-ring (bicyclic) bond motifs is 1. The third kappa shape index (κ3) is 2.81. The lowest BCUT2D eigenvalue weighted by Crippen LogP contribution is -2.42. The van der Waals surface area contributed by atoms with Crippen molar-refractivity contribution in [1.29, 1.82) is 0 Å².